The van der Waals surface area contributed by atoms with Gasteiger partial charge in [-0.05, 0) is 11.1 Å². The van der Waals surface area contributed by atoms with Crippen molar-refractivity contribution < 1.29 is 0 Å². The molecule has 0 radical (unpaired) electrons. The van der Waals surface area contributed by atoms with Crippen LogP contribution in [0.1, 0.15) is 11.1 Å². The quantitative estimate of drug-likeness (QED) is 0.555. The van der Waals surface area contributed by atoms with Crippen molar-refractivity contribution in [1.29, 1.82) is 5.26 Å². The van der Waals surface area contributed by atoms with E-state index in [2.05, 4.69) is 6.58 Å². The summed E-state index contributed by atoms with van der Waals surface area (Å²) in [4.78, 5) is 0. The molecule has 0 aliphatic carbocycles. The van der Waals surface area contributed by atoms with Crippen LogP contribution in [0.5, 0.6) is 0 Å². The van der Waals surface area contributed by atoms with Gasteiger partial charge in [0, 0.05) is 6.08 Å². The number of allylic oxidation sites excluding steroid dienone is 3. The van der Waals surface area contributed by atoms with E-state index < -0.39 is 0 Å². The van der Waals surface area contributed by atoms with E-state index in [1.165, 1.54) is 11.6 Å². The highest BCUT2D eigenvalue weighted by atomic mass is 14.2. The molecule has 98 valence electrons. The molecule has 0 heterocycles. The van der Waals surface area contributed by atoms with Crippen LogP contribution in [0.2, 0.25) is 0 Å². The van der Waals surface area contributed by atoms with Crippen LogP contribution in [-0.2, 0) is 0 Å². The topological polar surface area (TPSA) is 23.8 Å². The Bertz CT molecular complexity index is 587. The summed E-state index contributed by atoms with van der Waals surface area (Å²) in [5, 5.41) is 8.19. The van der Waals surface area contributed by atoms with Crippen molar-refractivity contribution in [3.05, 3.63) is 96.6 Å². The summed E-state index contributed by atoms with van der Waals surface area (Å²) >= 11 is 0. The van der Waals surface area contributed by atoms with Crippen LogP contribution in [0, 0.1) is 11.3 Å². The van der Waals surface area contributed by atoms with Gasteiger partial charge in [0.15, 0.2) is 0 Å². The van der Waals surface area contributed by atoms with Gasteiger partial charge in [-0.1, -0.05) is 91.5 Å². The van der Waals surface area contributed by atoms with Crippen molar-refractivity contribution in [1.82, 2.24) is 0 Å². The van der Waals surface area contributed by atoms with Crippen molar-refractivity contribution in [2.75, 3.05) is 0 Å². The number of nitrogens with zero attached hydrogens (tertiary/aromatic N) is 1. The highest BCUT2D eigenvalue weighted by molar-refractivity contribution is 5.50. The van der Waals surface area contributed by atoms with Gasteiger partial charge in [0.25, 0.3) is 0 Å². The Morgan fingerprint density at radius 2 is 1.35 bits per heavy atom. The third-order valence-corrected chi connectivity index (χ3v) is 2.41. The minimum Gasteiger partial charge on any atom is -0.193 e. The molecule has 0 spiro atoms. The molecule has 1 nitrogen and oxygen atoms in total. The maximum Gasteiger partial charge on any atom is 0.0912 e. The first-order valence-electron chi connectivity index (χ1n) is 6.32. The van der Waals surface area contributed by atoms with Crippen LogP contribution in [0.15, 0.2) is 85.5 Å². The van der Waals surface area contributed by atoms with Crippen molar-refractivity contribution in [3.8, 4) is 6.07 Å². The molecule has 0 aliphatic heterocycles. The molecular weight excluding hydrogens is 242 g/mol. The Balaban J connectivity index is 0.000000217. The zero-order valence-corrected chi connectivity index (χ0v) is 11.3. The summed E-state index contributed by atoms with van der Waals surface area (Å²) in [6.07, 6.45) is 8.79. The van der Waals surface area contributed by atoms with Crippen molar-refractivity contribution in [2.45, 2.75) is 0 Å². The average Bonchev–Trinajstić information content (AvgIpc) is 2.54. The van der Waals surface area contributed by atoms with Crippen LogP contribution in [0.3, 0.4) is 0 Å². The molecule has 0 fully saturated rings. The monoisotopic (exact) mass is 259 g/mol. The number of hydrogen-bond acceptors (Lipinski definition) is 1. The Morgan fingerprint density at radius 3 is 1.80 bits per heavy atom. The second kappa shape index (κ2) is 10.1. The van der Waals surface area contributed by atoms with E-state index in [-0.39, 0.29) is 0 Å². The smallest absolute Gasteiger partial charge is 0.0912 e. The molecule has 2 rings (SSSR count). The maximum atomic E-state index is 8.19. The fraction of sp³-hybridized carbons (Fsp3) is 0. The van der Waals surface area contributed by atoms with Crippen LogP contribution in [0.4, 0.5) is 0 Å². The second-order valence-corrected chi connectivity index (χ2v) is 3.87. The summed E-state index contributed by atoms with van der Waals surface area (Å²) < 4.78 is 0. The van der Waals surface area contributed by atoms with E-state index in [1.807, 2.05) is 85.0 Å². The SMILES string of the molecule is C=Cc1ccccc1.N#CC=CC=Cc1ccccc1. The minimum absolute atomic E-state index is 1.14. The number of rotatable bonds is 3. The van der Waals surface area contributed by atoms with Crippen LogP contribution in [-0.4, -0.2) is 0 Å². The van der Waals surface area contributed by atoms with E-state index in [1.54, 1.807) is 6.08 Å². The van der Waals surface area contributed by atoms with Gasteiger partial charge in [-0.25, -0.2) is 0 Å². The first-order chi connectivity index (χ1) is 9.86. The van der Waals surface area contributed by atoms with Crippen LogP contribution < -0.4 is 0 Å². The first kappa shape index (κ1) is 15.2. The second-order valence-electron chi connectivity index (χ2n) is 3.87. The molecule has 2 aromatic carbocycles. The Kier molecular flexibility index (Phi) is 7.69. The molecule has 0 saturated heterocycles. The Morgan fingerprint density at radius 1 is 0.800 bits per heavy atom. The molecule has 1 heteroatoms. The highest BCUT2D eigenvalue weighted by Crippen LogP contribution is 2.00. The predicted octanol–water partition coefficient (Wildman–Crippen LogP) is 5.11. The van der Waals surface area contributed by atoms with E-state index in [0.717, 1.165) is 5.56 Å². The zero-order valence-electron chi connectivity index (χ0n) is 11.3. The fourth-order valence-electron chi connectivity index (χ4n) is 1.42. The average molecular weight is 259 g/mol. The minimum atomic E-state index is 1.14. The predicted molar refractivity (Wildman–Crippen MR) is 86.8 cm³/mol. The van der Waals surface area contributed by atoms with Crippen LogP contribution in [0.25, 0.3) is 12.2 Å². The van der Waals surface area contributed by atoms with E-state index in [9.17, 15) is 0 Å². The van der Waals surface area contributed by atoms with Gasteiger partial charge in [0.2, 0.25) is 0 Å². The summed E-state index contributed by atoms with van der Waals surface area (Å²) in [6, 6.07) is 21.9. The van der Waals surface area contributed by atoms with E-state index in [4.69, 9.17) is 5.26 Å². The maximum absolute atomic E-state index is 8.19. The molecule has 0 saturated carbocycles. The lowest BCUT2D eigenvalue weighted by Crippen LogP contribution is -1.66. The molecule has 20 heavy (non-hydrogen) atoms. The van der Waals surface area contributed by atoms with Crippen molar-refractivity contribution in [2.24, 2.45) is 0 Å². The van der Waals surface area contributed by atoms with Crippen molar-refractivity contribution in [3.63, 3.8) is 0 Å². The summed E-state index contributed by atoms with van der Waals surface area (Å²) in [5.41, 5.74) is 2.31. The Labute approximate surface area is 120 Å². The van der Waals surface area contributed by atoms with Crippen LogP contribution >= 0.6 is 0 Å². The summed E-state index contributed by atoms with van der Waals surface area (Å²) in [6.45, 7) is 3.63. The number of benzene rings is 2. The zero-order chi connectivity index (χ0) is 14.5. The fourth-order valence-corrected chi connectivity index (χ4v) is 1.42. The molecule has 0 amide bonds. The van der Waals surface area contributed by atoms with Gasteiger partial charge >= 0.3 is 0 Å². The largest absolute Gasteiger partial charge is 0.193 e. The molecule has 0 N–H and O–H groups in total. The van der Waals surface area contributed by atoms with Gasteiger partial charge in [0.05, 0.1) is 6.07 Å². The van der Waals surface area contributed by atoms with E-state index in [0.29, 0.717) is 0 Å². The molecule has 0 unspecified atom stereocenters. The van der Waals surface area contributed by atoms with Gasteiger partial charge in [-0.2, -0.15) is 5.26 Å². The summed E-state index contributed by atoms with van der Waals surface area (Å²) in [5.74, 6) is 0. The lowest BCUT2D eigenvalue weighted by atomic mass is 10.2. The third kappa shape index (κ3) is 6.78. The first-order valence-corrected chi connectivity index (χ1v) is 6.32. The molecule has 0 atom stereocenters. The number of hydrogen-bond donors (Lipinski definition) is 0. The standard InChI is InChI=1S/C11H9N.C8H8/c12-10-6-2-5-9-11-7-3-1-4-8-11;1-2-8-6-4-3-5-7-8/h1-9H;2-7H,1H2. The van der Waals surface area contributed by atoms with Gasteiger partial charge < -0.3 is 0 Å². The molecule has 0 aliphatic rings. The Hall–Kier alpha value is -2.85. The molecule has 2 aromatic rings. The van der Waals surface area contributed by atoms with Gasteiger partial charge in [-0.15, -0.1) is 0 Å². The van der Waals surface area contributed by atoms with Crippen molar-refractivity contribution >= 4 is 12.2 Å². The normalized spacial score (nSPS) is 9.75. The number of nitriles is 1. The van der Waals surface area contributed by atoms with Gasteiger partial charge in [0.1, 0.15) is 0 Å². The molecule has 0 bridgehead atoms. The summed E-state index contributed by atoms with van der Waals surface area (Å²) in [7, 11) is 0. The highest BCUT2D eigenvalue weighted by Gasteiger charge is 1.79. The van der Waals surface area contributed by atoms with E-state index >= 15 is 0 Å². The lowest BCUT2D eigenvalue weighted by Gasteiger charge is -1.87. The molecular formula is C19H17N. The lowest BCUT2D eigenvalue weighted by molar-refractivity contribution is 1.53. The third-order valence-electron chi connectivity index (χ3n) is 2.41. The van der Waals surface area contributed by atoms with Gasteiger partial charge in [-0.3, -0.25) is 0 Å². The molecule has 0 aromatic heterocycles.